The van der Waals surface area contributed by atoms with Gasteiger partial charge in [0.2, 0.25) is 5.91 Å². The van der Waals surface area contributed by atoms with E-state index in [1.165, 1.54) is 19.4 Å². The number of carbonyl (C=O) groups is 3. The second-order valence-corrected chi connectivity index (χ2v) is 7.17. The smallest absolute Gasteiger partial charge is 0.355 e. The Hall–Kier alpha value is -2.63. The van der Waals surface area contributed by atoms with Crippen LogP contribution in [0.25, 0.3) is 6.08 Å². The summed E-state index contributed by atoms with van der Waals surface area (Å²) in [6.45, 7) is 5.27. The number of ether oxygens (including phenoxy) is 1. The van der Waals surface area contributed by atoms with Crippen molar-refractivity contribution in [3.8, 4) is 0 Å². The summed E-state index contributed by atoms with van der Waals surface area (Å²) in [5.41, 5.74) is 0.744. The Morgan fingerprint density at radius 3 is 2.52 bits per heavy atom. The number of hydrogen-bond donors (Lipinski definition) is 2. The van der Waals surface area contributed by atoms with Gasteiger partial charge in [0.15, 0.2) is 6.61 Å². The van der Waals surface area contributed by atoms with Crippen LogP contribution in [0.15, 0.2) is 36.0 Å². The molecule has 0 aliphatic heterocycles. The number of hydrogen-bond acceptors (Lipinski definition) is 4. The number of carbonyl (C=O) groups excluding carboxylic acids is 3. The first-order valence-electron chi connectivity index (χ1n) is 9.37. The molecule has 0 spiro atoms. The molecule has 3 atom stereocenters. The van der Waals surface area contributed by atoms with Crippen molar-refractivity contribution in [2.24, 2.45) is 11.8 Å². The highest BCUT2D eigenvalue weighted by molar-refractivity contribution is 5.98. The van der Waals surface area contributed by atoms with Crippen molar-refractivity contribution in [1.82, 2.24) is 10.6 Å². The van der Waals surface area contributed by atoms with E-state index in [1.54, 1.807) is 12.1 Å². The third-order valence-electron chi connectivity index (χ3n) is 5.03. The van der Waals surface area contributed by atoms with E-state index >= 15 is 0 Å². The molecule has 0 heterocycles. The number of benzene rings is 1. The monoisotopic (exact) mass is 372 g/mol. The van der Waals surface area contributed by atoms with E-state index in [9.17, 15) is 14.4 Å². The topological polar surface area (TPSA) is 84.5 Å². The van der Waals surface area contributed by atoms with E-state index in [4.69, 9.17) is 4.74 Å². The van der Waals surface area contributed by atoms with Gasteiger partial charge in [-0.05, 0) is 29.9 Å². The highest BCUT2D eigenvalue weighted by Gasteiger charge is 2.28. The van der Waals surface area contributed by atoms with Gasteiger partial charge >= 0.3 is 5.97 Å². The molecule has 1 saturated carbocycles. The lowest BCUT2D eigenvalue weighted by molar-refractivity contribution is -0.146. The van der Waals surface area contributed by atoms with E-state index in [0.717, 1.165) is 18.4 Å². The van der Waals surface area contributed by atoms with Crippen LogP contribution in [-0.2, 0) is 19.1 Å². The molecular formula is C21H28N2O4. The van der Waals surface area contributed by atoms with Gasteiger partial charge < -0.3 is 15.4 Å². The fourth-order valence-corrected chi connectivity index (χ4v) is 3.29. The van der Waals surface area contributed by atoms with Crippen LogP contribution in [0.2, 0.25) is 0 Å². The molecule has 1 fully saturated rings. The molecule has 2 rings (SSSR count). The van der Waals surface area contributed by atoms with Crippen LogP contribution in [0.4, 0.5) is 0 Å². The molecule has 0 aromatic heterocycles. The molecule has 1 aliphatic rings. The van der Waals surface area contributed by atoms with Gasteiger partial charge in [-0.15, -0.1) is 0 Å². The summed E-state index contributed by atoms with van der Waals surface area (Å²) >= 11 is 0. The van der Waals surface area contributed by atoms with Crippen molar-refractivity contribution >= 4 is 23.9 Å². The van der Waals surface area contributed by atoms with E-state index in [0.29, 0.717) is 11.8 Å². The number of esters is 1. The summed E-state index contributed by atoms with van der Waals surface area (Å²) in [5, 5.41) is 5.42. The van der Waals surface area contributed by atoms with Crippen molar-refractivity contribution in [2.75, 3.05) is 6.61 Å². The van der Waals surface area contributed by atoms with Crippen molar-refractivity contribution < 1.29 is 19.1 Å². The minimum atomic E-state index is -0.741. The SMILES string of the molecule is CC(=O)N/C(=C\c1ccccc1)C(=O)OCC(=O)N[C@H]1CCC[C@H](C)[C@H]1C. The zero-order valence-corrected chi connectivity index (χ0v) is 16.2. The van der Waals surface area contributed by atoms with Gasteiger partial charge in [-0.1, -0.05) is 57.0 Å². The van der Waals surface area contributed by atoms with Crippen molar-refractivity contribution in [2.45, 2.75) is 46.1 Å². The van der Waals surface area contributed by atoms with Crippen LogP contribution in [0.1, 0.15) is 45.6 Å². The Balaban J connectivity index is 1.93. The number of amides is 2. The summed E-state index contributed by atoms with van der Waals surface area (Å²) in [6, 6.07) is 9.20. The van der Waals surface area contributed by atoms with Crippen molar-refractivity contribution in [3.63, 3.8) is 0 Å². The molecule has 146 valence electrons. The first-order valence-corrected chi connectivity index (χ1v) is 9.37. The summed E-state index contributed by atoms with van der Waals surface area (Å²) < 4.78 is 5.11. The number of nitrogens with one attached hydrogen (secondary N) is 2. The van der Waals surface area contributed by atoms with E-state index < -0.39 is 5.97 Å². The summed E-state index contributed by atoms with van der Waals surface area (Å²) in [7, 11) is 0. The molecule has 0 saturated heterocycles. The van der Waals surface area contributed by atoms with Crippen LogP contribution in [0.3, 0.4) is 0 Å². The molecule has 27 heavy (non-hydrogen) atoms. The molecule has 2 amide bonds. The summed E-state index contributed by atoms with van der Waals surface area (Å²) in [5.74, 6) is -0.493. The van der Waals surface area contributed by atoms with Gasteiger partial charge in [0.1, 0.15) is 5.70 Å². The van der Waals surface area contributed by atoms with Crippen LogP contribution in [0, 0.1) is 11.8 Å². The van der Waals surface area contributed by atoms with Crippen LogP contribution >= 0.6 is 0 Å². The lowest BCUT2D eigenvalue weighted by Gasteiger charge is -2.34. The van der Waals surface area contributed by atoms with Gasteiger partial charge in [0, 0.05) is 13.0 Å². The quantitative estimate of drug-likeness (QED) is 0.594. The molecule has 6 nitrogen and oxygen atoms in total. The fourth-order valence-electron chi connectivity index (χ4n) is 3.29. The highest BCUT2D eigenvalue weighted by atomic mass is 16.5. The van der Waals surface area contributed by atoms with Crippen molar-refractivity contribution in [3.05, 3.63) is 41.6 Å². The van der Waals surface area contributed by atoms with E-state index in [2.05, 4.69) is 24.5 Å². The predicted octanol–water partition coefficient (Wildman–Crippen LogP) is 2.65. The molecule has 0 unspecified atom stereocenters. The lowest BCUT2D eigenvalue weighted by atomic mass is 9.78. The third-order valence-corrected chi connectivity index (χ3v) is 5.03. The molecule has 0 radical (unpaired) electrons. The van der Waals surface area contributed by atoms with Crippen LogP contribution in [0.5, 0.6) is 0 Å². The van der Waals surface area contributed by atoms with E-state index in [1.807, 2.05) is 18.2 Å². The van der Waals surface area contributed by atoms with Crippen molar-refractivity contribution in [1.29, 1.82) is 0 Å². The standard InChI is InChI=1S/C21H28N2O4/c1-14-8-7-11-18(15(14)2)23-20(25)13-27-21(26)19(22-16(3)24)12-17-9-5-4-6-10-17/h4-6,9-10,12,14-15,18H,7-8,11,13H2,1-3H3,(H,22,24)(H,23,25)/b19-12-/t14-,15+,18-/m0/s1. The van der Waals surface area contributed by atoms with Gasteiger partial charge in [0.05, 0.1) is 0 Å². The second-order valence-electron chi connectivity index (χ2n) is 7.17. The Bertz CT molecular complexity index is 699. The average Bonchev–Trinajstić information content (AvgIpc) is 2.63. The van der Waals surface area contributed by atoms with E-state index in [-0.39, 0.29) is 30.2 Å². The maximum absolute atomic E-state index is 12.3. The van der Waals surface area contributed by atoms with Crippen LogP contribution in [-0.4, -0.2) is 30.4 Å². The third kappa shape index (κ3) is 6.55. The molecule has 0 bridgehead atoms. The minimum Gasteiger partial charge on any atom is -0.451 e. The lowest BCUT2D eigenvalue weighted by Crippen LogP contribution is -2.45. The second kappa shape index (κ2) is 9.90. The maximum Gasteiger partial charge on any atom is 0.355 e. The highest BCUT2D eigenvalue weighted by Crippen LogP contribution is 2.29. The Morgan fingerprint density at radius 2 is 1.85 bits per heavy atom. The zero-order valence-electron chi connectivity index (χ0n) is 16.2. The molecule has 2 N–H and O–H groups in total. The van der Waals surface area contributed by atoms with Gasteiger partial charge in [-0.2, -0.15) is 0 Å². The first-order chi connectivity index (χ1) is 12.9. The van der Waals surface area contributed by atoms with Crippen LogP contribution < -0.4 is 10.6 Å². The molecular weight excluding hydrogens is 344 g/mol. The normalized spacial score (nSPS) is 22.6. The summed E-state index contributed by atoms with van der Waals surface area (Å²) in [4.78, 5) is 35.9. The molecule has 6 heteroatoms. The van der Waals surface area contributed by atoms with Gasteiger partial charge in [0.25, 0.3) is 5.91 Å². The first kappa shape index (κ1) is 20.7. The average molecular weight is 372 g/mol. The number of rotatable bonds is 6. The molecule has 1 aromatic rings. The Morgan fingerprint density at radius 1 is 1.15 bits per heavy atom. The van der Waals surface area contributed by atoms with Gasteiger partial charge in [-0.25, -0.2) is 4.79 Å². The maximum atomic E-state index is 12.3. The zero-order chi connectivity index (χ0) is 19.8. The Labute approximate surface area is 160 Å². The Kier molecular flexibility index (Phi) is 7.58. The molecule has 1 aliphatic carbocycles. The minimum absolute atomic E-state index is 0.00107. The van der Waals surface area contributed by atoms with Gasteiger partial charge in [-0.3, -0.25) is 9.59 Å². The predicted molar refractivity (Wildman–Crippen MR) is 103 cm³/mol. The fraction of sp³-hybridized carbons (Fsp3) is 0.476. The summed E-state index contributed by atoms with van der Waals surface area (Å²) in [6.07, 6.45) is 4.72. The largest absolute Gasteiger partial charge is 0.451 e. The molecule has 1 aromatic carbocycles.